The number of carbonyl (C=O) groups is 3. The summed E-state index contributed by atoms with van der Waals surface area (Å²) < 4.78 is 11.3. The molecule has 0 atom stereocenters. The number of aryl methyl sites for hydroxylation is 1. The molecule has 0 aliphatic carbocycles. The van der Waals surface area contributed by atoms with Crippen molar-refractivity contribution in [2.24, 2.45) is 5.92 Å². The largest absolute Gasteiger partial charge is 0.465 e. The van der Waals surface area contributed by atoms with Crippen molar-refractivity contribution >= 4 is 33.7 Å². The molecule has 0 spiro atoms. The van der Waals surface area contributed by atoms with E-state index in [1.807, 2.05) is 12.1 Å². The van der Waals surface area contributed by atoms with Crippen LogP contribution in [0.4, 0.5) is 0 Å². The highest BCUT2D eigenvalue weighted by Crippen LogP contribution is 2.23. The van der Waals surface area contributed by atoms with E-state index in [0.717, 1.165) is 4.47 Å². The first kappa shape index (κ1) is 22.1. The van der Waals surface area contributed by atoms with Gasteiger partial charge in [-0.1, -0.05) is 15.9 Å². The number of nitrogens with zero attached hydrogens (tertiary/aromatic N) is 2. The molecule has 1 aliphatic heterocycles. The normalized spacial score (nSPS) is 14.5. The lowest BCUT2D eigenvalue weighted by molar-refractivity contribution is -0.136. The second-order valence-electron chi connectivity index (χ2n) is 7.44. The van der Waals surface area contributed by atoms with Crippen molar-refractivity contribution in [3.63, 3.8) is 0 Å². The Morgan fingerprint density at radius 3 is 2.43 bits per heavy atom. The molecular weight excluding hydrogens is 452 g/mol. The number of halogens is 1. The molecule has 7 nitrogen and oxygen atoms in total. The van der Waals surface area contributed by atoms with E-state index in [1.54, 1.807) is 42.0 Å². The van der Waals surface area contributed by atoms with Crippen LogP contribution in [0.3, 0.4) is 0 Å². The fourth-order valence-electron chi connectivity index (χ4n) is 3.66. The van der Waals surface area contributed by atoms with Gasteiger partial charge in [-0.25, -0.2) is 4.79 Å². The van der Waals surface area contributed by atoms with Crippen molar-refractivity contribution in [1.29, 1.82) is 0 Å². The molecule has 30 heavy (non-hydrogen) atoms. The Labute approximate surface area is 184 Å². The Hall–Kier alpha value is -2.61. The van der Waals surface area contributed by atoms with Crippen molar-refractivity contribution in [1.82, 2.24) is 9.80 Å². The maximum Gasteiger partial charge on any atom is 0.341 e. The number of piperidine rings is 1. The molecule has 1 fully saturated rings. The quantitative estimate of drug-likeness (QED) is 0.615. The van der Waals surface area contributed by atoms with Crippen LogP contribution in [0.2, 0.25) is 0 Å². The monoisotopic (exact) mass is 476 g/mol. The second-order valence-corrected chi connectivity index (χ2v) is 8.36. The molecule has 2 heterocycles. The molecule has 0 N–H and O–H groups in total. The Morgan fingerprint density at radius 1 is 1.20 bits per heavy atom. The fourth-order valence-corrected chi connectivity index (χ4v) is 3.93. The molecule has 1 aromatic carbocycles. The lowest BCUT2D eigenvalue weighted by Crippen LogP contribution is -2.43. The highest BCUT2D eigenvalue weighted by atomic mass is 79.9. The number of hydrogen-bond donors (Lipinski definition) is 0. The van der Waals surface area contributed by atoms with Crippen LogP contribution in [0.5, 0.6) is 0 Å². The summed E-state index contributed by atoms with van der Waals surface area (Å²) >= 11 is 3.37. The van der Waals surface area contributed by atoms with Crippen molar-refractivity contribution < 1.29 is 23.5 Å². The molecule has 3 rings (SSSR count). The summed E-state index contributed by atoms with van der Waals surface area (Å²) in [4.78, 5) is 40.6. The third-order valence-corrected chi connectivity index (χ3v) is 5.89. The van der Waals surface area contributed by atoms with E-state index in [2.05, 4.69) is 15.9 Å². The van der Waals surface area contributed by atoms with Gasteiger partial charge < -0.3 is 19.0 Å². The van der Waals surface area contributed by atoms with Gasteiger partial charge >= 0.3 is 5.97 Å². The van der Waals surface area contributed by atoms with Crippen molar-refractivity contribution in [2.75, 3.05) is 27.2 Å². The topological polar surface area (TPSA) is 80.1 Å². The average Bonchev–Trinajstić information content (AvgIpc) is 3.12. The lowest BCUT2D eigenvalue weighted by atomic mass is 9.95. The van der Waals surface area contributed by atoms with Gasteiger partial charge in [0.15, 0.2) is 0 Å². The van der Waals surface area contributed by atoms with E-state index >= 15 is 0 Å². The molecule has 160 valence electrons. The minimum Gasteiger partial charge on any atom is -0.465 e. The number of rotatable bonds is 5. The highest BCUT2D eigenvalue weighted by molar-refractivity contribution is 9.10. The van der Waals surface area contributed by atoms with Crippen LogP contribution < -0.4 is 0 Å². The first-order valence-corrected chi connectivity index (χ1v) is 10.6. The zero-order valence-corrected chi connectivity index (χ0v) is 18.9. The standard InChI is InChI=1S/C22H25BrN2O5/c1-14-19(22(28)29-3)12-18(30-14)13-24(2)20(26)16-8-10-25(11-9-16)21(27)15-4-6-17(23)7-5-15/h4-7,12,16H,8-11,13H2,1-3H3. The summed E-state index contributed by atoms with van der Waals surface area (Å²) in [5.41, 5.74) is 1.02. The molecule has 0 bridgehead atoms. The van der Waals surface area contributed by atoms with E-state index in [1.165, 1.54) is 7.11 Å². The van der Waals surface area contributed by atoms with Crippen molar-refractivity contribution in [2.45, 2.75) is 26.3 Å². The van der Waals surface area contributed by atoms with Crippen LogP contribution in [0.25, 0.3) is 0 Å². The number of amides is 2. The predicted molar refractivity (Wildman–Crippen MR) is 114 cm³/mol. The zero-order chi connectivity index (χ0) is 21.8. The first-order chi connectivity index (χ1) is 14.3. The minimum absolute atomic E-state index is 0.0110. The molecule has 2 amide bonds. The summed E-state index contributed by atoms with van der Waals surface area (Å²) in [5, 5.41) is 0. The molecule has 0 unspecified atom stereocenters. The van der Waals surface area contributed by atoms with Crippen LogP contribution in [-0.2, 0) is 16.1 Å². The molecule has 1 aliphatic rings. The molecule has 8 heteroatoms. The predicted octanol–water partition coefficient (Wildman–Crippen LogP) is 3.65. The van der Waals surface area contributed by atoms with E-state index in [-0.39, 0.29) is 24.3 Å². The third-order valence-electron chi connectivity index (χ3n) is 5.37. The van der Waals surface area contributed by atoms with E-state index in [0.29, 0.717) is 48.6 Å². The molecule has 2 aromatic rings. The second kappa shape index (κ2) is 9.47. The Kier molecular flexibility index (Phi) is 6.97. The van der Waals surface area contributed by atoms with Crippen molar-refractivity contribution in [3.05, 3.63) is 57.5 Å². The van der Waals surface area contributed by atoms with E-state index < -0.39 is 5.97 Å². The third kappa shape index (κ3) is 4.92. The van der Waals surface area contributed by atoms with Gasteiger partial charge in [-0.3, -0.25) is 9.59 Å². The zero-order valence-electron chi connectivity index (χ0n) is 17.3. The van der Waals surface area contributed by atoms with Crippen LogP contribution >= 0.6 is 15.9 Å². The smallest absolute Gasteiger partial charge is 0.341 e. The summed E-state index contributed by atoms with van der Waals surface area (Å²) in [6, 6.07) is 8.90. The molecular formula is C22H25BrN2O5. The molecule has 0 radical (unpaired) electrons. The highest BCUT2D eigenvalue weighted by Gasteiger charge is 2.30. The van der Waals surface area contributed by atoms with Crippen LogP contribution in [0.1, 0.15) is 45.1 Å². The maximum absolute atomic E-state index is 12.9. The Morgan fingerprint density at radius 2 is 1.83 bits per heavy atom. The number of esters is 1. The summed E-state index contributed by atoms with van der Waals surface area (Å²) in [6.45, 7) is 3.06. The number of likely N-dealkylation sites (tertiary alicyclic amines) is 1. The minimum atomic E-state index is -0.459. The number of carbonyl (C=O) groups excluding carboxylic acids is 3. The molecule has 0 saturated carbocycles. The van der Waals surface area contributed by atoms with Crippen LogP contribution in [0, 0.1) is 12.8 Å². The number of hydrogen-bond acceptors (Lipinski definition) is 5. The SMILES string of the molecule is COC(=O)c1cc(CN(C)C(=O)C2CCN(C(=O)c3ccc(Br)cc3)CC2)oc1C. The van der Waals surface area contributed by atoms with E-state index in [9.17, 15) is 14.4 Å². The van der Waals surface area contributed by atoms with Gasteiger partial charge in [0.1, 0.15) is 17.1 Å². The van der Waals surface area contributed by atoms with Gasteiger partial charge in [-0.2, -0.15) is 0 Å². The maximum atomic E-state index is 12.9. The summed E-state index contributed by atoms with van der Waals surface area (Å²) in [6.07, 6.45) is 1.24. The molecule has 1 aromatic heterocycles. The summed E-state index contributed by atoms with van der Waals surface area (Å²) in [7, 11) is 3.04. The van der Waals surface area contributed by atoms with Gasteiger partial charge in [0, 0.05) is 36.1 Å². The van der Waals surface area contributed by atoms with Gasteiger partial charge in [-0.15, -0.1) is 0 Å². The Bertz CT molecular complexity index is 930. The van der Waals surface area contributed by atoms with Gasteiger partial charge in [0.05, 0.1) is 13.7 Å². The lowest BCUT2D eigenvalue weighted by Gasteiger charge is -2.33. The van der Waals surface area contributed by atoms with Gasteiger partial charge in [-0.05, 0) is 50.1 Å². The number of benzene rings is 1. The van der Waals surface area contributed by atoms with E-state index in [4.69, 9.17) is 9.15 Å². The van der Waals surface area contributed by atoms with Gasteiger partial charge in [0.25, 0.3) is 5.91 Å². The van der Waals surface area contributed by atoms with Crippen molar-refractivity contribution in [3.8, 4) is 0 Å². The average molecular weight is 477 g/mol. The first-order valence-electron chi connectivity index (χ1n) is 9.77. The number of methoxy groups -OCH3 is 1. The fraction of sp³-hybridized carbons (Fsp3) is 0.409. The summed E-state index contributed by atoms with van der Waals surface area (Å²) in [5.74, 6) is 0.408. The number of ether oxygens (including phenoxy) is 1. The Balaban J connectivity index is 1.55. The van der Waals surface area contributed by atoms with Gasteiger partial charge in [0.2, 0.25) is 5.91 Å². The number of furan rings is 1. The van der Waals surface area contributed by atoms with Crippen LogP contribution in [0.15, 0.2) is 39.2 Å². The van der Waals surface area contributed by atoms with Crippen LogP contribution in [-0.4, -0.2) is 54.8 Å². The molecule has 1 saturated heterocycles.